The molecule has 10 rings (SSSR count). The molecule has 0 amide bonds. The van der Waals surface area contributed by atoms with Gasteiger partial charge in [0.25, 0.3) is 0 Å². The van der Waals surface area contributed by atoms with Crippen LogP contribution in [0.3, 0.4) is 0 Å². The Morgan fingerprint density at radius 2 is 0.459 bits per heavy atom. The number of hydrogen-bond donors (Lipinski definition) is 0. The zero-order chi connectivity index (χ0) is 40.8. The van der Waals surface area contributed by atoms with Crippen LogP contribution in [0, 0.1) is 0 Å². The van der Waals surface area contributed by atoms with Crippen molar-refractivity contribution in [2.75, 3.05) is 4.90 Å². The number of anilines is 3. The van der Waals surface area contributed by atoms with Gasteiger partial charge in [-0.25, -0.2) is 0 Å². The molecule has 0 atom stereocenters. The summed E-state index contributed by atoms with van der Waals surface area (Å²) < 4.78 is 0. The van der Waals surface area contributed by atoms with Crippen molar-refractivity contribution < 1.29 is 0 Å². The molecule has 0 saturated carbocycles. The molecule has 0 aromatic heterocycles. The highest BCUT2D eigenvalue weighted by atomic mass is 15.1. The zero-order valence-electron chi connectivity index (χ0n) is 33.8. The summed E-state index contributed by atoms with van der Waals surface area (Å²) in [6.07, 6.45) is 0. The first-order valence-electron chi connectivity index (χ1n) is 20.9. The second-order valence-electron chi connectivity index (χ2n) is 15.4. The molecule has 61 heavy (non-hydrogen) atoms. The average molecular weight is 778 g/mol. The average Bonchev–Trinajstić information content (AvgIpc) is 3.36. The Morgan fingerprint density at radius 1 is 0.164 bits per heavy atom. The summed E-state index contributed by atoms with van der Waals surface area (Å²) in [4.78, 5) is 2.37. The smallest absolute Gasteiger partial charge is 0.0467 e. The van der Waals surface area contributed by atoms with Gasteiger partial charge in [0.05, 0.1) is 0 Å². The summed E-state index contributed by atoms with van der Waals surface area (Å²) in [5, 5.41) is 0. The highest BCUT2D eigenvalue weighted by Crippen LogP contribution is 2.41. The first-order chi connectivity index (χ1) is 30.2. The normalized spacial score (nSPS) is 11.0. The Labute approximate surface area is 359 Å². The first kappa shape index (κ1) is 37.3. The number of benzene rings is 10. The topological polar surface area (TPSA) is 3.24 Å². The van der Waals surface area contributed by atoms with Crippen LogP contribution in [-0.4, -0.2) is 0 Å². The lowest BCUT2D eigenvalue weighted by atomic mass is 9.91. The number of rotatable bonds is 10. The molecule has 1 nitrogen and oxygen atoms in total. The quantitative estimate of drug-likeness (QED) is 0.134. The predicted octanol–water partition coefficient (Wildman–Crippen LogP) is 16.8. The van der Waals surface area contributed by atoms with E-state index < -0.39 is 0 Å². The third kappa shape index (κ3) is 8.06. The van der Waals surface area contributed by atoms with Gasteiger partial charge in [-0.05, 0) is 120 Å². The highest BCUT2D eigenvalue weighted by Gasteiger charge is 2.16. The van der Waals surface area contributed by atoms with Gasteiger partial charge in [-0.1, -0.05) is 218 Å². The van der Waals surface area contributed by atoms with E-state index in [9.17, 15) is 0 Å². The van der Waals surface area contributed by atoms with Crippen LogP contribution in [0.1, 0.15) is 0 Å². The van der Waals surface area contributed by atoms with Crippen LogP contribution < -0.4 is 4.90 Å². The maximum Gasteiger partial charge on any atom is 0.0467 e. The Morgan fingerprint density at radius 3 is 0.918 bits per heavy atom. The van der Waals surface area contributed by atoms with Crippen molar-refractivity contribution >= 4 is 17.1 Å². The van der Waals surface area contributed by atoms with Crippen LogP contribution in [0.2, 0.25) is 0 Å². The largest absolute Gasteiger partial charge is 0.310 e. The first-order valence-corrected chi connectivity index (χ1v) is 20.9. The van der Waals surface area contributed by atoms with Crippen molar-refractivity contribution in [1.82, 2.24) is 0 Å². The molecule has 0 heterocycles. The lowest BCUT2D eigenvalue weighted by Crippen LogP contribution is -2.10. The minimum Gasteiger partial charge on any atom is -0.310 e. The van der Waals surface area contributed by atoms with Crippen molar-refractivity contribution in [3.63, 3.8) is 0 Å². The molecule has 288 valence electrons. The van der Waals surface area contributed by atoms with Gasteiger partial charge in [0.2, 0.25) is 0 Å². The summed E-state index contributed by atoms with van der Waals surface area (Å²) >= 11 is 0. The molecule has 10 aromatic carbocycles. The van der Waals surface area contributed by atoms with Crippen molar-refractivity contribution in [2.45, 2.75) is 0 Å². The second kappa shape index (κ2) is 17.1. The second-order valence-corrected chi connectivity index (χ2v) is 15.4. The van der Waals surface area contributed by atoms with E-state index in [4.69, 9.17) is 0 Å². The highest BCUT2D eigenvalue weighted by molar-refractivity contribution is 5.89. The van der Waals surface area contributed by atoms with Gasteiger partial charge in [-0.3, -0.25) is 0 Å². The van der Waals surface area contributed by atoms with E-state index in [0.29, 0.717) is 0 Å². The molecule has 1 heteroatoms. The standard InChI is InChI=1S/C60H43N/c1-5-14-44(15-6-1)47-24-26-49(27-25-47)50-32-37-56(38-33-50)61(58-23-13-22-54(42-58)51-30-28-48(29-31-51)45-16-7-2-8-17-45)57-39-34-53(35-40-57)59-41-36-55(46-18-9-3-10-19-46)43-60(59)52-20-11-4-12-21-52/h1-43H. The summed E-state index contributed by atoms with van der Waals surface area (Å²) in [6, 6.07) is 93.9. The third-order valence-electron chi connectivity index (χ3n) is 11.5. The lowest BCUT2D eigenvalue weighted by Gasteiger charge is -2.26. The van der Waals surface area contributed by atoms with Crippen molar-refractivity contribution in [3.8, 4) is 77.9 Å². The molecule has 0 fully saturated rings. The zero-order valence-corrected chi connectivity index (χ0v) is 33.8. The van der Waals surface area contributed by atoms with Gasteiger partial charge in [0.15, 0.2) is 0 Å². The molecule has 0 unspecified atom stereocenters. The molecule has 0 bridgehead atoms. The molecule has 10 aromatic rings. The molecular weight excluding hydrogens is 735 g/mol. The van der Waals surface area contributed by atoms with Gasteiger partial charge >= 0.3 is 0 Å². The third-order valence-corrected chi connectivity index (χ3v) is 11.5. The van der Waals surface area contributed by atoms with Gasteiger partial charge in [-0.2, -0.15) is 0 Å². The number of hydrogen-bond acceptors (Lipinski definition) is 1. The molecular formula is C60H43N. The summed E-state index contributed by atoms with van der Waals surface area (Å²) in [5.74, 6) is 0. The summed E-state index contributed by atoms with van der Waals surface area (Å²) in [5.41, 5.74) is 20.0. The Kier molecular flexibility index (Phi) is 10.4. The van der Waals surface area contributed by atoms with Crippen LogP contribution in [0.4, 0.5) is 17.1 Å². The SMILES string of the molecule is c1ccc(-c2ccc(-c3ccc(N(c4ccc(-c5ccc(-c6ccccc6)cc5-c5ccccc5)cc4)c4cccc(-c5ccc(-c6ccccc6)cc5)c4)cc3)cc2)cc1. The Bertz CT molecular complexity index is 2990. The maximum atomic E-state index is 2.37. The fourth-order valence-electron chi connectivity index (χ4n) is 8.30. The molecule has 0 aliphatic carbocycles. The van der Waals surface area contributed by atoms with E-state index in [0.717, 1.165) is 17.1 Å². The van der Waals surface area contributed by atoms with Gasteiger partial charge in [0, 0.05) is 17.1 Å². The van der Waals surface area contributed by atoms with Crippen LogP contribution in [0.15, 0.2) is 261 Å². The van der Waals surface area contributed by atoms with Crippen LogP contribution in [-0.2, 0) is 0 Å². The summed E-state index contributed by atoms with van der Waals surface area (Å²) in [6.45, 7) is 0. The van der Waals surface area contributed by atoms with Crippen LogP contribution in [0.5, 0.6) is 0 Å². The monoisotopic (exact) mass is 777 g/mol. The van der Waals surface area contributed by atoms with Crippen LogP contribution >= 0.6 is 0 Å². The summed E-state index contributed by atoms with van der Waals surface area (Å²) in [7, 11) is 0. The van der Waals surface area contributed by atoms with E-state index in [2.05, 4.69) is 266 Å². The number of nitrogens with zero attached hydrogens (tertiary/aromatic N) is 1. The van der Waals surface area contributed by atoms with Gasteiger partial charge < -0.3 is 4.90 Å². The molecule has 0 aliphatic heterocycles. The fraction of sp³-hybridized carbons (Fsp3) is 0. The predicted molar refractivity (Wildman–Crippen MR) is 259 cm³/mol. The Balaban J connectivity index is 1.02. The molecule has 0 spiro atoms. The van der Waals surface area contributed by atoms with E-state index >= 15 is 0 Å². The van der Waals surface area contributed by atoms with E-state index in [1.165, 1.54) is 77.9 Å². The van der Waals surface area contributed by atoms with Crippen molar-refractivity contribution in [1.29, 1.82) is 0 Å². The maximum absolute atomic E-state index is 2.37. The molecule has 0 aliphatic rings. The fourth-order valence-corrected chi connectivity index (χ4v) is 8.30. The van der Waals surface area contributed by atoms with E-state index in [-0.39, 0.29) is 0 Å². The van der Waals surface area contributed by atoms with Crippen molar-refractivity contribution in [3.05, 3.63) is 261 Å². The van der Waals surface area contributed by atoms with E-state index in [1.807, 2.05) is 0 Å². The minimum atomic E-state index is 1.09. The minimum absolute atomic E-state index is 1.09. The van der Waals surface area contributed by atoms with Gasteiger partial charge in [0.1, 0.15) is 0 Å². The van der Waals surface area contributed by atoms with Crippen molar-refractivity contribution in [2.24, 2.45) is 0 Å². The Hall–Kier alpha value is -8.00. The molecule has 0 radical (unpaired) electrons. The molecule has 0 N–H and O–H groups in total. The molecule has 0 saturated heterocycles. The van der Waals surface area contributed by atoms with E-state index in [1.54, 1.807) is 0 Å². The van der Waals surface area contributed by atoms with Crippen LogP contribution in [0.25, 0.3) is 77.9 Å². The lowest BCUT2D eigenvalue weighted by molar-refractivity contribution is 1.28. The van der Waals surface area contributed by atoms with Gasteiger partial charge in [-0.15, -0.1) is 0 Å².